The number of nitrogen functional groups attached to an aromatic ring is 1. The van der Waals surface area contributed by atoms with E-state index in [2.05, 4.69) is 10.3 Å². The molecule has 4 N–H and O–H groups in total. The van der Waals surface area contributed by atoms with Gasteiger partial charge in [-0.2, -0.15) is 0 Å². The molecule has 2 aromatic rings. The van der Waals surface area contributed by atoms with Crippen LogP contribution in [0.2, 0.25) is 0 Å². The number of aromatic nitrogens is 2. The zero-order chi connectivity index (χ0) is 19.0. The third-order valence-corrected chi connectivity index (χ3v) is 6.30. The molecule has 1 saturated heterocycles. The Bertz CT molecular complexity index is 946. The number of hydrogen-bond acceptors (Lipinski definition) is 8. The van der Waals surface area contributed by atoms with Crippen molar-refractivity contribution in [3.63, 3.8) is 0 Å². The molecular weight excluding hydrogens is 402 g/mol. The van der Waals surface area contributed by atoms with Crippen LogP contribution < -0.4 is 15.6 Å². The number of thiazole rings is 1. The van der Waals surface area contributed by atoms with Crippen LogP contribution in [0.15, 0.2) is 47.7 Å². The molecule has 2 aromatic heterocycles. The summed E-state index contributed by atoms with van der Waals surface area (Å²) in [6.07, 6.45) is 5.78. The molecule has 1 fully saturated rings. The molecule has 2 amide bonds. The molecule has 146 valence electrons. The van der Waals surface area contributed by atoms with Crippen molar-refractivity contribution in [2.24, 2.45) is 0 Å². The van der Waals surface area contributed by atoms with Gasteiger partial charge in [0, 0.05) is 35.0 Å². The molecule has 28 heavy (non-hydrogen) atoms. The molecule has 0 aliphatic carbocycles. The molecule has 2 aliphatic rings. The van der Waals surface area contributed by atoms with Crippen LogP contribution >= 0.6 is 23.1 Å². The summed E-state index contributed by atoms with van der Waals surface area (Å²) in [6, 6.07) is 5.15. The number of thioether (sulfide) groups is 1. The summed E-state index contributed by atoms with van der Waals surface area (Å²) < 4.78 is 2.04. The minimum Gasteiger partial charge on any atom is -0.870 e. The Balaban J connectivity index is 0.00000225. The van der Waals surface area contributed by atoms with Crippen LogP contribution in [0.25, 0.3) is 0 Å². The first kappa shape index (κ1) is 20.0. The largest absolute Gasteiger partial charge is 0.870 e. The summed E-state index contributed by atoms with van der Waals surface area (Å²) in [5.74, 6) is -1.10. The number of β-lactam (4-membered cyclic amide) rings is 1. The van der Waals surface area contributed by atoms with Gasteiger partial charge in [-0.3, -0.25) is 14.4 Å². The van der Waals surface area contributed by atoms with Crippen molar-refractivity contribution in [3.8, 4) is 0 Å². The number of carbonyl (C=O) groups is 3. The number of nitrogens with two attached hydrogens (primary N) is 1. The highest BCUT2D eigenvalue weighted by Gasteiger charge is 2.50. The normalized spacial score (nSPS) is 20.4. The van der Waals surface area contributed by atoms with Gasteiger partial charge >= 0.3 is 0 Å². The highest BCUT2D eigenvalue weighted by Crippen LogP contribution is 2.36. The maximum atomic E-state index is 12.4. The van der Waals surface area contributed by atoms with E-state index in [1.165, 1.54) is 5.38 Å². The Morgan fingerprint density at radius 2 is 2.07 bits per heavy atom. The lowest BCUT2D eigenvalue weighted by molar-refractivity contribution is -0.689. The highest BCUT2D eigenvalue weighted by atomic mass is 32.2. The summed E-state index contributed by atoms with van der Waals surface area (Å²) in [6.45, 7) is 0.700. The van der Waals surface area contributed by atoms with E-state index >= 15 is 0 Å². The van der Waals surface area contributed by atoms with Crippen molar-refractivity contribution in [3.05, 3.63) is 53.4 Å². The number of rotatable bonds is 5. The first-order valence-electron chi connectivity index (χ1n) is 8.16. The molecule has 4 rings (SSSR count). The maximum Gasteiger partial charge on any atom is 0.294 e. The summed E-state index contributed by atoms with van der Waals surface area (Å²) in [4.78, 5) is 42.0. The van der Waals surface area contributed by atoms with Crippen molar-refractivity contribution in [1.29, 1.82) is 0 Å². The lowest BCUT2D eigenvalue weighted by atomic mass is 10.1. The number of pyridine rings is 1. The monoisotopic (exact) mass is 419 g/mol. The number of nitrogens with one attached hydrogen (secondary N) is 1. The van der Waals surface area contributed by atoms with Crippen molar-refractivity contribution in [2.45, 2.75) is 18.0 Å². The Hall–Kier alpha value is -2.76. The van der Waals surface area contributed by atoms with Gasteiger partial charge in [0.05, 0.1) is 0 Å². The Kier molecular flexibility index (Phi) is 5.77. The van der Waals surface area contributed by atoms with Gasteiger partial charge in [-0.15, -0.1) is 23.1 Å². The van der Waals surface area contributed by atoms with Gasteiger partial charge in [-0.05, 0) is 0 Å². The van der Waals surface area contributed by atoms with E-state index in [1.807, 2.05) is 41.4 Å². The molecule has 0 bridgehead atoms. The fraction of sp³-hybridized carbons (Fsp3) is 0.235. The predicted octanol–water partition coefficient (Wildman–Crippen LogP) is 0.00270. The summed E-state index contributed by atoms with van der Waals surface area (Å²) in [7, 11) is 0. The molecule has 0 aromatic carbocycles. The number of anilines is 1. The molecule has 0 spiro atoms. The average molecular weight is 419 g/mol. The van der Waals surface area contributed by atoms with E-state index in [-0.39, 0.29) is 27.6 Å². The fourth-order valence-corrected chi connectivity index (χ4v) is 4.73. The number of carbonyl (C=O) groups excluding carboxylic acids is 3. The number of hydrogen-bond donors (Lipinski definition) is 2. The van der Waals surface area contributed by atoms with Crippen molar-refractivity contribution >= 4 is 45.8 Å². The van der Waals surface area contributed by atoms with Crippen molar-refractivity contribution < 1.29 is 24.4 Å². The van der Waals surface area contributed by atoms with Gasteiger partial charge in [0.1, 0.15) is 17.1 Å². The minimum absolute atomic E-state index is 0. The van der Waals surface area contributed by atoms with Crippen LogP contribution in [0, 0.1) is 0 Å². The lowest BCUT2D eigenvalue weighted by Crippen LogP contribution is -2.69. The summed E-state index contributed by atoms with van der Waals surface area (Å²) in [5.41, 5.74) is 6.59. The molecule has 1 unspecified atom stereocenters. The molecule has 2 atom stereocenters. The summed E-state index contributed by atoms with van der Waals surface area (Å²) >= 11 is 2.65. The van der Waals surface area contributed by atoms with Crippen molar-refractivity contribution in [1.82, 2.24) is 15.2 Å². The number of Topliss-reactive ketones (excluding diaryl/α,β-unsaturated/α-hetero) is 1. The standard InChI is InChI=1S/C17H15N5O3S2.H2O/c18-17-19-11(9-27-17)13(23)14(24)20-12-15(25)22-7-10(8-26-16(12)22)6-21-4-2-1-3-5-21;/h1-5,7,9,12,16H,6,8H2,(H2-,18,19,20,24);1H2/t12?,16-;/m0./s1. The first-order valence-corrected chi connectivity index (χ1v) is 10.1. The number of fused-ring (bicyclic) bond motifs is 1. The van der Waals surface area contributed by atoms with Crippen LogP contribution in [-0.4, -0.2) is 50.1 Å². The van der Waals surface area contributed by atoms with E-state index in [0.717, 1.165) is 22.7 Å². The minimum atomic E-state index is -0.839. The van der Waals surface area contributed by atoms with E-state index in [1.54, 1.807) is 16.7 Å². The van der Waals surface area contributed by atoms with Crippen LogP contribution in [0.1, 0.15) is 10.5 Å². The van der Waals surface area contributed by atoms with Gasteiger partial charge in [0.2, 0.25) is 0 Å². The van der Waals surface area contributed by atoms with Gasteiger partial charge in [-0.1, -0.05) is 6.07 Å². The lowest BCUT2D eigenvalue weighted by Gasteiger charge is -2.47. The molecule has 0 radical (unpaired) electrons. The molecule has 2 aliphatic heterocycles. The second kappa shape index (κ2) is 8.09. The van der Waals surface area contributed by atoms with E-state index in [4.69, 9.17) is 5.73 Å². The molecular formula is C17H17N5O4S2. The number of ketones is 1. The van der Waals surface area contributed by atoms with Crippen molar-refractivity contribution in [2.75, 3.05) is 11.5 Å². The third kappa shape index (κ3) is 3.77. The molecule has 11 heteroatoms. The van der Waals surface area contributed by atoms with Gasteiger partial charge in [0.15, 0.2) is 24.1 Å². The second-order valence-corrected chi connectivity index (χ2v) is 8.13. The Morgan fingerprint density at radius 1 is 1.32 bits per heavy atom. The van der Waals surface area contributed by atoms with Gasteiger partial charge in [0.25, 0.3) is 17.6 Å². The van der Waals surface area contributed by atoms with Crippen LogP contribution in [0.4, 0.5) is 5.13 Å². The molecule has 0 saturated carbocycles. The van der Waals surface area contributed by atoms with E-state index in [9.17, 15) is 14.4 Å². The second-order valence-electron chi connectivity index (χ2n) is 6.13. The Morgan fingerprint density at radius 3 is 2.75 bits per heavy atom. The molecule has 9 nitrogen and oxygen atoms in total. The Labute approximate surface area is 168 Å². The highest BCUT2D eigenvalue weighted by molar-refractivity contribution is 8.00. The topological polar surface area (TPSA) is 139 Å². The number of amides is 2. The predicted molar refractivity (Wildman–Crippen MR) is 103 cm³/mol. The molecule has 4 heterocycles. The number of nitrogens with zero attached hydrogens (tertiary/aromatic N) is 3. The third-order valence-electron chi connectivity index (χ3n) is 4.25. The van der Waals surface area contributed by atoms with Crippen LogP contribution in [0.5, 0.6) is 0 Å². The van der Waals surface area contributed by atoms with E-state index < -0.39 is 17.7 Å². The van der Waals surface area contributed by atoms with Gasteiger partial charge < -0.3 is 21.4 Å². The SMILES string of the molecule is Nc1nc(C(=O)C(=O)NC2C(=O)N3C=C(C[n+]4ccccc4)CS[C@@H]23)cs1.[OH-]. The smallest absolute Gasteiger partial charge is 0.294 e. The van der Waals surface area contributed by atoms with Gasteiger partial charge in [-0.25, -0.2) is 9.55 Å². The fourth-order valence-electron chi connectivity index (χ4n) is 2.94. The summed E-state index contributed by atoms with van der Waals surface area (Å²) in [5, 5.41) is 3.98. The van der Waals surface area contributed by atoms with E-state index in [0.29, 0.717) is 6.54 Å². The average Bonchev–Trinajstić information content (AvgIpc) is 3.12. The first-order chi connectivity index (χ1) is 13.0. The zero-order valence-electron chi connectivity index (χ0n) is 14.5. The quantitative estimate of drug-likeness (QED) is 0.301. The van der Waals surface area contributed by atoms with Crippen LogP contribution in [0.3, 0.4) is 0 Å². The van der Waals surface area contributed by atoms with Crippen LogP contribution in [-0.2, 0) is 16.1 Å². The maximum absolute atomic E-state index is 12.4. The zero-order valence-corrected chi connectivity index (χ0v) is 16.2.